The summed E-state index contributed by atoms with van der Waals surface area (Å²) in [5.41, 5.74) is 21.2. The van der Waals surface area contributed by atoms with Crippen LogP contribution in [0, 0.1) is 23.3 Å². The summed E-state index contributed by atoms with van der Waals surface area (Å²) in [6.45, 7) is 6.07. The third-order valence-electron chi connectivity index (χ3n) is 9.64. The van der Waals surface area contributed by atoms with Gasteiger partial charge in [0.05, 0.1) is 9.79 Å². The number of sulfonamides is 2. The van der Waals surface area contributed by atoms with E-state index in [9.17, 15) is 44.0 Å². The van der Waals surface area contributed by atoms with Crippen molar-refractivity contribution in [2.75, 3.05) is 52.4 Å². The minimum atomic E-state index is -3.96. The highest BCUT2D eigenvalue weighted by Crippen LogP contribution is 2.32. The fourth-order valence-electron chi connectivity index (χ4n) is 6.31. The van der Waals surface area contributed by atoms with Gasteiger partial charge in [-0.1, -0.05) is 0 Å². The van der Waals surface area contributed by atoms with Crippen molar-refractivity contribution in [1.82, 2.24) is 24.6 Å². The number of benzene rings is 4. The average molecular weight is 961 g/mol. The molecule has 11 N–H and O–H groups in total. The third-order valence-corrected chi connectivity index (χ3v) is 12.6. The number of hydrogen-bond acceptors (Lipinski definition) is 12. The molecule has 1 heterocycles. The maximum Gasteiger partial charge on any atom is 0.275 e. The van der Waals surface area contributed by atoms with Gasteiger partial charge in [0.25, 0.3) is 5.91 Å². The summed E-state index contributed by atoms with van der Waals surface area (Å²) in [6, 6.07) is 13.7. The van der Waals surface area contributed by atoms with E-state index in [1.54, 1.807) is 0 Å². The Labute approximate surface area is 378 Å². The number of carbonyl (C=O) groups is 2. The second-order valence-electron chi connectivity index (χ2n) is 14.7. The van der Waals surface area contributed by atoms with Gasteiger partial charge in [-0.15, -0.1) is 0 Å². The Bertz CT molecular complexity index is 2680. The number of nitrogens with zero attached hydrogens (tertiary/aromatic N) is 3. The molecular formula is C42H48F4N10O8S2. The van der Waals surface area contributed by atoms with Gasteiger partial charge in [0, 0.05) is 63.5 Å². The zero-order valence-electron chi connectivity index (χ0n) is 35.6. The maximum atomic E-state index is 14.8. The molecule has 66 heavy (non-hydrogen) atoms. The lowest BCUT2D eigenvalue weighted by molar-refractivity contribution is -0.118. The Morgan fingerprint density at radius 3 is 1.38 bits per heavy atom. The molecule has 4 aromatic rings. The summed E-state index contributed by atoms with van der Waals surface area (Å²) in [4.78, 5) is 31.2. The van der Waals surface area contributed by atoms with Crippen LogP contribution in [0.2, 0.25) is 0 Å². The molecule has 4 aromatic carbocycles. The lowest BCUT2D eigenvalue weighted by atomic mass is 10.1. The van der Waals surface area contributed by atoms with E-state index in [1.807, 2.05) is 9.80 Å². The van der Waals surface area contributed by atoms with Gasteiger partial charge in [0.1, 0.15) is 17.8 Å². The number of ether oxygens (including phenoxy) is 2. The van der Waals surface area contributed by atoms with Gasteiger partial charge < -0.3 is 26.3 Å². The summed E-state index contributed by atoms with van der Waals surface area (Å²) >= 11 is 0. The Balaban J connectivity index is 1.03. The van der Waals surface area contributed by atoms with E-state index in [4.69, 9.17) is 32.4 Å². The highest BCUT2D eigenvalue weighted by Gasteiger charge is 2.22. The van der Waals surface area contributed by atoms with Crippen LogP contribution in [-0.4, -0.2) is 103 Å². The second-order valence-corrected chi connectivity index (χ2v) is 18.3. The van der Waals surface area contributed by atoms with Gasteiger partial charge in [0.15, 0.2) is 40.7 Å². The van der Waals surface area contributed by atoms with Crippen LogP contribution in [0.3, 0.4) is 0 Å². The second kappa shape index (κ2) is 22.3. The molecule has 0 atom stereocenters. The van der Waals surface area contributed by atoms with E-state index in [2.05, 4.69) is 19.8 Å². The molecular weight excluding hydrogens is 913 g/mol. The number of nitrogens with two attached hydrogens (primary N) is 4. The zero-order valence-corrected chi connectivity index (χ0v) is 37.2. The fourth-order valence-corrected chi connectivity index (χ4v) is 8.35. The normalized spacial score (nSPS) is 14.3. The SMILES string of the molecule is C/C(=C\c1cc(F)c(Oc2ccc(S(=O)(=O)NCCN3CCN(CCNS(=O)(=O)c4ccc(Oc5c(F)cc(/C=C(\C)C(=O)NC(N)N)cc5F)cc4)CC3)cc2)c(F)c1)C(=O)N=C(N)N. The fraction of sp³-hybridized carbons (Fsp3) is 0.262. The van der Waals surface area contributed by atoms with Crippen LogP contribution < -0.4 is 47.2 Å². The van der Waals surface area contributed by atoms with Crippen LogP contribution in [0.4, 0.5) is 17.6 Å². The molecule has 0 bridgehead atoms. The number of rotatable bonds is 19. The Kier molecular flexibility index (Phi) is 17.1. The van der Waals surface area contributed by atoms with Crippen LogP contribution in [0.15, 0.2) is 98.7 Å². The highest BCUT2D eigenvalue weighted by molar-refractivity contribution is 7.89. The van der Waals surface area contributed by atoms with Crippen molar-refractivity contribution < 1.29 is 53.5 Å². The molecule has 18 nitrogen and oxygen atoms in total. The number of nitrogens with one attached hydrogen (secondary N) is 3. The van der Waals surface area contributed by atoms with E-state index >= 15 is 0 Å². The molecule has 0 saturated carbocycles. The third kappa shape index (κ3) is 14.4. The molecule has 0 aromatic heterocycles. The van der Waals surface area contributed by atoms with Crippen LogP contribution in [-0.2, 0) is 29.6 Å². The minimum Gasteiger partial charge on any atom is -0.451 e. The lowest BCUT2D eigenvalue weighted by Gasteiger charge is -2.34. The van der Waals surface area contributed by atoms with Crippen LogP contribution in [0.5, 0.6) is 23.0 Å². The molecule has 1 fully saturated rings. The molecule has 1 aliphatic rings. The molecule has 354 valence electrons. The quantitative estimate of drug-likeness (QED) is 0.0234. The van der Waals surface area contributed by atoms with Crippen molar-refractivity contribution in [2.24, 2.45) is 27.9 Å². The van der Waals surface area contributed by atoms with Gasteiger partial charge >= 0.3 is 0 Å². The predicted molar refractivity (Wildman–Crippen MR) is 237 cm³/mol. The predicted octanol–water partition coefficient (Wildman–Crippen LogP) is 2.63. The lowest BCUT2D eigenvalue weighted by Crippen LogP contribution is -2.49. The van der Waals surface area contributed by atoms with Crippen molar-refractivity contribution in [1.29, 1.82) is 0 Å². The van der Waals surface area contributed by atoms with Gasteiger partial charge in [0.2, 0.25) is 26.0 Å². The maximum absolute atomic E-state index is 14.8. The molecule has 1 aliphatic heterocycles. The zero-order chi connectivity index (χ0) is 48.3. The van der Waals surface area contributed by atoms with Crippen molar-refractivity contribution in [3.8, 4) is 23.0 Å². The van der Waals surface area contributed by atoms with Crippen LogP contribution in [0.25, 0.3) is 12.2 Å². The average Bonchev–Trinajstić information content (AvgIpc) is 3.24. The summed E-state index contributed by atoms with van der Waals surface area (Å²) in [5.74, 6) is -7.70. The van der Waals surface area contributed by atoms with E-state index < -0.39 is 78.9 Å². The molecule has 24 heteroatoms. The topological polar surface area (TPSA) is 280 Å². The smallest absolute Gasteiger partial charge is 0.275 e. The molecule has 5 rings (SSSR count). The van der Waals surface area contributed by atoms with Crippen LogP contribution in [0.1, 0.15) is 25.0 Å². The van der Waals surface area contributed by atoms with Crippen molar-refractivity contribution >= 4 is 50.0 Å². The van der Waals surface area contributed by atoms with Crippen molar-refractivity contribution in [2.45, 2.75) is 29.9 Å². The number of piperazine rings is 1. The molecule has 2 amide bonds. The Hall–Kier alpha value is -6.25. The number of hydrogen-bond donors (Lipinski definition) is 7. The summed E-state index contributed by atoms with van der Waals surface area (Å²) < 4.78 is 127. The van der Waals surface area contributed by atoms with Gasteiger partial charge in [-0.3, -0.25) is 30.9 Å². The number of amides is 2. The van der Waals surface area contributed by atoms with Gasteiger partial charge in [-0.25, -0.2) is 43.8 Å². The number of guanidine groups is 1. The first-order chi connectivity index (χ1) is 31.1. The van der Waals surface area contributed by atoms with E-state index in [1.165, 1.54) is 74.5 Å². The largest absolute Gasteiger partial charge is 0.451 e. The van der Waals surface area contributed by atoms with Gasteiger partial charge in [-0.05, 0) is 110 Å². The number of halogens is 4. The first-order valence-electron chi connectivity index (χ1n) is 19.9. The Morgan fingerprint density at radius 2 is 1.03 bits per heavy atom. The summed E-state index contributed by atoms with van der Waals surface area (Å²) in [7, 11) is -7.91. The Morgan fingerprint density at radius 1 is 0.667 bits per heavy atom. The van der Waals surface area contributed by atoms with E-state index in [0.717, 1.165) is 24.3 Å². The van der Waals surface area contributed by atoms with E-state index in [0.29, 0.717) is 39.3 Å². The number of carbonyl (C=O) groups excluding carboxylic acids is 2. The first kappa shape index (κ1) is 50.7. The molecule has 0 unspecified atom stereocenters. The highest BCUT2D eigenvalue weighted by atomic mass is 32.2. The summed E-state index contributed by atoms with van der Waals surface area (Å²) in [6.07, 6.45) is 1.31. The molecule has 0 radical (unpaired) electrons. The van der Waals surface area contributed by atoms with Crippen molar-refractivity contribution in [3.05, 3.63) is 118 Å². The molecule has 0 aliphatic carbocycles. The molecule has 0 spiro atoms. The molecule has 1 saturated heterocycles. The monoisotopic (exact) mass is 960 g/mol. The minimum absolute atomic E-state index is 0.00769. The standard InChI is InChI=1S/C42H48F4N10O8S2/c1-25(39(57)53-41(47)48)19-27-21-33(43)37(34(44)22-27)63-29-3-7-31(8-4-29)65(59,60)51-11-13-55-15-17-56(18-16-55)14-12-52-66(61,62)32-9-5-30(6-10-32)64-38-35(45)23-28(24-36(38)46)20-26(2)40(58)54-42(49)50/h3-10,19-24,41,51-52H,11-18,47-48H2,1-2H3,(H,53,57)(H4,49,50,54,58)/b25-19+,26-20+. The number of aliphatic imine (C=N–C) groups is 1. The van der Waals surface area contributed by atoms with E-state index in [-0.39, 0.29) is 56.7 Å². The summed E-state index contributed by atoms with van der Waals surface area (Å²) in [5, 5.41) is 2.25. The first-order valence-corrected chi connectivity index (χ1v) is 22.9. The van der Waals surface area contributed by atoms with Crippen LogP contribution >= 0.6 is 0 Å². The van der Waals surface area contributed by atoms with Gasteiger partial charge in [-0.2, -0.15) is 4.99 Å². The van der Waals surface area contributed by atoms with Crippen molar-refractivity contribution in [3.63, 3.8) is 0 Å².